The number of anilines is 3. The molecule has 0 spiro atoms. The van der Waals surface area contributed by atoms with E-state index in [4.69, 9.17) is 5.73 Å². The average molecular weight is 544 g/mol. The van der Waals surface area contributed by atoms with Crippen LogP contribution >= 0.6 is 36.2 Å². The summed E-state index contributed by atoms with van der Waals surface area (Å²) in [7, 11) is 2.06. The first-order valence-electron chi connectivity index (χ1n) is 10.4. The molecule has 4 N–H and O–H groups in total. The van der Waals surface area contributed by atoms with Crippen molar-refractivity contribution in [1.29, 1.82) is 0 Å². The van der Waals surface area contributed by atoms with Crippen molar-refractivity contribution in [2.45, 2.75) is 18.9 Å². The largest absolute Gasteiger partial charge is 0.382 e. The number of hydrogen-bond acceptors (Lipinski definition) is 7. The number of halogens is 4. The second kappa shape index (κ2) is 12.3. The summed E-state index contributed by atoms with van der Waals surface area (Å²) >= 11 is 0.894. The summed E-state index contributed by atoms with van der Waals surface area (Å²) in [5.74, 6) is -3.07. The second-order valence-corrected chi connectivity index (χ2v) is 8.85. The number of likely N-dealkylation sites (tertiary alicyclic amines) is 1. The van der Waals surface area contributed by atoms with Gasteiger partial charge < -0.3 is 21.3 Å². The molecule has 0 bridgehead atoms. The zero-order chi connectivity index (χ0) is 23.5. The van der Waals surface area contributed by atoms with E-state index >= 15 is 0 Å². The van der Waals surface area contributed by atoms with E-state index in [2.05, 4.69) is 27.6 Å². The standard InChI is InChI=1S/C23H23F2N5O2S.2ClH/c1-30-11-3-4-15(30)12-27-22(32)13-7-9-14(10-8-13)28-23-29-21(26)20(33-23)19(31)18-16(24)5-2-6-17(18)25;;/h2,5-10,15H,3-4,11-12,26H2,1H3,(H,27,32)(H,28,29);2*1H/t15-;;/m0../s1. The molecule has 7 nitrogen and oxygen atoms in total. The highest BCUT2D eigenvalue weighted by atomic mass is 35.5. The molecule has 2 aromatic carbocycles. The number of nitrogens with zero attached hydrogens (tertiary/aromatic N) is 2. The van der Waals surface area contributed by atoms with E-state index in [1.807, 2.05) is 0 Å². The van der Waals surface area contributed by atoms with E-state index in [1.165, 1.54) is 6.07 Å². The molecule has 1 aliphatic heterocycles. The van der Waals surface area contributed by atoms with Crippen molar-refractivity contribution in [3.8, 4) is 0 Å². The lowest BCUT2D eigenvalue weighted by Crippen LogP contribution is -2.38. The molecule has 1 amide bonds. The number of nitrogen functional groups attached to an aromatic ring is 1. The van der Waals surface area contributed by atoms with Crippen LogP contribution in [0.2, 0.25) is 0 Å². The Morgan fingerprint density at radius 3 is 2.40 bits per heavy atom. The lowest BCUT2D eigenvalue weighted by molar-refractivity contribution is 0.0943. The maximum absolute atomic E-state index is 14.0. The maximum Gasteiger partial charge on any atom is 0.251 e. The number of nitrogens with two attached hydrogens (primary N) is 1. The minimum Gasteiger partial charge on any atom is -0.382 e. The fourth-order valence-corrected chi connectivity index (χ4v) is 4.61. The number of carbonyl (C=O) groups is 2. The molecule has 2 heterocycles. The molecule has 1 atom stereocenters. The van der Waals surface area contributed by atoms with Gasteiger partial charge in [0.15, 0.2) is 5.13 Å². The summed E-state index contributed by atoms with van der Waals surface area (Å²) in [6.07, 6.45) is 2.21. The molecule has 12 heteroatoms. The molecule has 0 aliphatic carbocycles. The summed E-state index contributed by atoms with van der Waals surface area (Å²) in [5.41, 5.74) is 6.30. The van der Waals surface area contributed by atoms with E-state index in [1.54, 1.807) is 24.3 Å². The minimum absolute atomic E-state index is 0. The predicted molar refractivity (Wildman–Crippen MR) is 139 cm³/mol. The van der Waals surface area contributed by atoms with E-state index in [-0.39, 0.29) is 46.5 Å². The normalized spacial score (nSPS) is 15.1. The van der Waals surface area contributed by atoms with Crippen molar-refractivity contribution in [1.82, 2.24) is 15.2 Å². The number of thiazole rings is 1. The van der Waals surface area contributed by atoms with Crippen LogP contribution in [-0.2, 0) is 0 Å². The Kier molecular flexibility index (Phi) is 9.96. The monoisotopic (exact) mass is 543 g/mol. The Labute approximate surface area is 217 Å². The smallest absolute Gasteiger partial charge is 0.251 e. The topological polar surface area (TPSA) is 100 Å². The van der Waals surface area contributed by atoms with E-state index in [0.29, 0.717) is 23.8 Å². The van der Waals surface area contributed by atoms with Crippen LogP contribution < -0.4 is 16.4 Å². The summed E-state index contributed by atoms with van der Waals surface area (Å²) in [4.78, 5) is 31.3. The highest BCUT2D eigenvalue weighted by Crippen LogP contribution is 2.31. The van der Waals surface area contributed by atoms with Crippen LogP contribution in [0.25, 0.3) is 0 Å². The number of nitrogens with one attached hydrogen (secondary N) is 2. The van der Waals surface area contributed by atoms with Gasteiger partial charge in [0.1, 0.15) is 22.3 Å². The fourth-order valence-electron chi connectivity index (χ4n) is 3.75. The second-order valence-electron chi connectivity index (χ2n) is 7.85. The number of hydrogen-bond donors (Lipinski definition) is 3. The molecule has 1 aromatic heterocycles. The minimum atomic E-state index is -0.962. The van der Waals surface area contributed by atoms with Gasteiger partial charge in [0.25, 0.3) is 5.91 Å². The molecule has 3 aromatic rings. The van der Waals surface area contributed by atoms with Crippen LogP contribution in [0.15, 0.2) is 42.5 Å². The Balaban J connectivity index is 0.00000216. The molecule has 35 heavy (non-hydrogen) atoms. The van der Waals surface area contributed by atoms with Crippen molar-refractivity contribution in [2.24, 2.45) is 0 Å². The first-order valence-corrected chi connectivity index (χ1v) is 11.3. The van der Waals surface area contributed by atoms with Gasteiger partial charge in [-0.2, -0.15) is 0 Å². The first-order chi connectivity index (χ1) is 15.8. The molecule has 4 rings (SSSR count). The number of aromatic nitrogens is 1. The third-order valence-electron chi connectivity index (χ3n) is 5.62. The number of amides is 1. The number of rotatable bonds is 7. The molecule has 0 saturated carbocycles. The van der Waals surface area contributed by atoms with Gasteiger partial charge in [-0.15, -0.1) is 24.8 Å². The van der Waals surface area contributed by atoms with Crippen LogP contribution in [0, 0.1) is 11.6 Å². The third kappa shape index (κ3) is 6.46. The van der Waals surface area contributed by atoms with Crippen LogP contribution in [-0.4, -0.2) is 47.8 Å². The molecule has 1 aliphatic rings. The molecule has 0 radical (unpaired) electrons. The molecule has 1 fully saturated rings. The van der Waals surface area contributed by atoms with E-state index < -0.39 is 23.0 Å². The van der Waals surface area contributed by atoms with Gasteiger partial charge in [-0.25, -0.2) is 13.8 Å². The van der Waals surface area contributed by atoms with E-state index in [0.717, 1.165) is 42.9 Å². The lowest BCUT2D eigenvalue weighted by Gasteiger charge is -2.19. The van der Waals surface area contributed by atoms with Crippen LogP contribution in [0.3, 0.4) is 0 Å². The van der Waals surface area contributed by atoms with Gasteiger partial charge in [0.05, 0.1) is 5.56 Å². The van der Waals surface area contributed by atoms with Crippen molar-refractivity contribution in [3.63, 3.8) is 0 Å². The van der Waals surface area contributed by atoms with Gasteiger partial charge in [0, 0.05) is 23.8 Å². The first kappa shape index (κ1) is 28.4. The lowest BCUT2D eigenvalue weighted by atomic mass is 10.1. The predicted octanol–water partition coefficient (Wildman–Crippen LogP) is 4.65. The number of benzene rings is 2. The van der Waals surface area contributed by atoms with Crippen molar-refractivity contribution in [3.05, 3.63) is 70.1 Å². The Bertz CT molecular complexity index is 1170. The van der Waals surface area contributed by atoms with Crippen LogP contribution in [0.4, 0.5) is 25.4 Å². The highest BCUT2D eigenvalue weighted by molar-refractivity contribution is 7.18. The number of ketones is 1. The van der Waals surface area contributed by atoms with Gasteiger partial charge in [0.2, 0.25) is 5.78 Å². The molecule has 0 unspecified atom stereocenters. The van der Waals surface area contributed by atoms with Crippen molar-refractivity contribution >= 4 is 64.5 Å². The quantitative estimate of drug-likeness (QED) is 0.375. The van der Waals surface area contributed by atoms with E-state index in [9.17, 15) is 18.4 Å². The highest BCUT2D eigenvalue weighted by Gasteiger charge is 2.24. The van der Waals surface area contributed by atoms with Crippen molar-refractivity contribution in [2.75, 3.05) is 31.2 Å². The maximum atomic E-state index is 14.0. The zero-order valence-electron chi connectivity index (χ0n) is 18.7. The van der Waals surface area contributed by atoms with Gasteiger partial charge in [-0.05, 0) is 62.8 Å². The molecular formula is C23H25Cl2F2N5O2S. The Morgan fingerprint density at radius 2 is 1.80 bits per heavy atom. The third-order valence-corrected chi connectivity index (χ3v) is 6.60. The molecule has 1 saturated heterocycles. The van der Waals surface area contributed by atoms with Crippen molar-refractivity contribution < 1.29 is 18.4 Å². The molecular weight excluding hydrogens is 519 g/mol. The van der Waals surface area contributed by atoms with Gasteiger partial charge in [-0.1, -0.05) is 17.4 Å². The summed E-state index contributed by atoms with van der Waals surface area (Å²) < 4.78 is 27.9. The summed E-state index contributed by atoms with van der Waals surface area (Å²) in [5, 5.41) is 6.25. The fraction of sp³-hybridized carbons (Fsp3) is 0.261. The van der Waals surface area contributed by atoms with Gasteiger partial charge in [-0.3, -0.25) is 9.59 Å². The number of likely N-dealkylation sites (N-methyl/N-ethyl adjacent to an activating group) is 1. The van der Waals surface area contributed by atoms with Crippen LogP contribution in [0.5, 0.6) is 0 Å². The summed E-state index contributed by atoms with van der Waals surface area (Å²) in [6, 6.07) is 10.3. The Morgan fingerprint density at radius 1 is 1.14 bits per heavy atom. The zero-order valence-corrected chi connectivity index (χ0v) is 21.2. The number of carbonyl (C=O) groups excluding carboxylic acids is 2. The Hall–Kier alpha value is -2.79. The average Bonchev–Trinajstić information content (AvgIpc) is 3.37. The van der Waals surface area contributed by atoms with Gasteiger partial charge >= 0.3 is 0 Å². The SMILES string of the molecule is CN1CCC[C@H]1CNC(=O)c1ccc(Nc2nc(N)c(C(=O)c3c(F)cccc3F)s2)cc1.Cl.Cl. The summed E-state index contributed by atoms with van der Waals surface area (Å²) in [6.45, 7) is 1.65. The van der Waals surface area contributed by atoms with Crippen LogP contribution in [0.1, 0.15) is 38.4 Å². The molecule has 188 valence electrons.